The third-order valence-electron chi connectivity index (χ3n) is 2.03. The molecule has 1 aliphatic rings. The second-order valence-electron chi connectivity index (χ2n) is 2.87. The first-order valence-corrected chi connectivity index (χ1v) is 4.78. The molecule has 0 unspecified atom stereocenters. The Hall–Kier alpha value is -0.700. The first-order chi connectivity index (χ1) is 5.36. The molecule has 2 nitrogen and oxygen atoms in total. The number of nitrogens with two attached hydrogens (primary N) is 1. The minimum absolute atomic E-state index is 0.923. The molecule has 0 radical (unpaired) electrons. The average molecular weight is 168 g/mol. The van der Waals surface area contributed by atoms with Crippen molar-refractivity contribution in [2.45, 2.75) is 12.8 Å². The fourth-order valence-corrected chi connectivity index (χ4v) is 2.28. The highest BCUT2D eigenvalue weighted by molar-refractivity contribution is 7.19. The summed E-state index contributed by atoms with van der Waals surface area (Å²) in [4.78, 5) is 2.40. The van der Waals surface area contributed by atoms with Crippen LogP contribution >= 0.6 is 11.3 Å². The van der Waals surface area contributed by atoms with E-state index >= 15 is 0 Å². The smallest absolute Gasteiger partial charge is 0.0930 e. The van der Waals surface area contributed by atoms with E-state index < -0.39 is 0 Å². The molecule has 0 saturated carbocycles. The summed E-state index contributed by atoms with van der Waals surface area (Å²) in [5.41, 5.74) is 5.64. The van der Waals surface area contributed by atoms with E-state index in [1.165, 1.54) is 30.9 Å². The third kappa shape index (κ3) is 1.33. The first-order valence-electron chi connectivity index (χ1n) is 3.96. The normalized spacial score (nSPS) is 17.6. The number of anilines is 2. The predicted molar refractivity (Wildman–Crippen MR) is 50.2 cm³/mol. The standard InChI is InChI=1S/C8H12N2S/c9-7-3-4-8(11-7)10-5-1-2-6-10/h3-4H,1-2,5-6,9H2. The summed E-state index contributed by atoms with van der Waals surface area (Å²) in [5.74, 6) is 0. The second kappa shape index (κ2) is 2.74. The first kappa shape index (κ1) is 6.98. The fourth-order valence-electron chi connectivity index (χ4n) is 1.45. The Kier molecular flexibility index (Phi) is 1.74. The summed E-state index contributed by atoms with van der Waals surface area (Å²) in [6, 6.07) is 4.10. The Bertz CT molecular complexity index is 238. The van der Waals surface area contributed by atoms with Crippen molar-refractivity contribution in [3.63, 3.8) is 0 Å². The van der Waals surface area contributed by atoms with E-state index in [9.17, 15) is 0 Å². The lowest BCUT2D eigenvalue weighted by Gasteiger charge is -2.13. The van der Waals surface area contributed by atoms with Crippen molar-refractivity contribution in [1.82, 2.24) is 0 Å². The fraction of sp³-hybridized carbons (Fsp3) is 0.500. The maximum absolute atomic E-state index is 5.64. The van der Waals surface area contributed by atoms with Crippen LogP contribution in [0.15, 0.2) is 12.1 Å². The summed E-state index contributed by atoms with van der Waals surface area (Å²) >= 11 is 1.69. The summed E-state index contributed by atoms with van der Waals surface area (Å²) in [6.45, 7) is 2.42. The SMILES string of the molecule is Nc1ccc(N2CCCC2)s1. The molecule has 2 N–H and O–H groups in total. The molecular weight excluding hydrogens is 156 g/mol. The Labute approximate surface area is 70.6 Å². The summed E-state index contributed by atoms with van der Waals surface area (Å²) in [5, 5.41) is 2.26. The Morgan fingerprint density at radius 2 is 2.00 bits per heavy atom. The lowest BCUT2D eigenvalue weighted by Crippen LogP contribution is -2.15. The van der Waals surface area contributed by atoms with Crippen LogP contribution in [0.4, 0.5) is 10.0 Å². The van der Waals surface area contributed by atoms with Gasteiger partial charge in [0.15, 0.2) is 0 Å². The van der Waals surface area contributed by atoms with Crippen molar-refractivity contribution >= 4 is 21.3 Å². The van der Waals surface area contributed by atoms with Gasteiger partial charge >= 0.3 is 0 Å². The largest absolute Gasteiger partial charge is 0.391 e. The number of nitrogens with zero attached hydrogens (tertiary/aromatic N) is 1. The number of hydrogen-bond donors (Lipinski definition) is 1. The predicted octanol–water partition coefficient (Wildman–Crippen LogP) is 1.93. The van der Waals surface area contributed by atoms with Crippen LogP contribution in [0, 0.1) is 0 Å². The van der Waals surface area contributed by atoms with E-state index in [4.69, 9.17) is 5.73 Å². The third-order valence-corrected chi connectivity index (χ3v) is 3.01. The van der Waals surface area contributed by atoms with Crippen molar-refractivity contribution in [3.05, 3.63) is 12.1 Å². The Morgan fingerprint density at radius 3 is 2.55 bits per heavy atom. The molecule has 0 atom stereocenters. The molecule has 60 valence electrons. The summed E-state index contributed by atoms with van der Waals surface area (Å²) in [6.07, 6.45) is 2.66. The van der Waals surface area contributed by atoms with Crippen LogP contribution in [0.2, 0.25) is 0 Å². The number of hydrogen-bond acceptors (Lipinski definition) is 3. The molecule has 0 amide bonds. The van der Waals surface area contributed by atoms with Crippen molar-refractivity contribution < 1.29 is 0 Å². The zero-order valence-corrected chi connectivity index (χ0v) is 7.23. The highest BCUT2D eigenvalue weighted by Gasteiger charge is 2.12. The highest BCUT2D eigenvalue weighted by Crippen LogP contribution is 2.29. The molecule has 0 spiro atoms. The number of rotatable bonds is 1. The molecule has 0 aliphatic carbocycles. The Balaban J connectivity index is 2.15. The van der Waals surface area contributed by atoms with Gasteiger partial charge in [0.2, 0.25) is 0 Å². The lowest BCUT2D eigenvalue weighted by atomic mass is 10.4. The van der Waals surface area contributed by atoms with Gasteiger partial charge in [-0.1, -0.05) is 0 Å². The minimum Gasteiger partial charge on any atom is -0.391 e. The molecule has 0 bridgehead atoms. The van der Waals surface area contributed by atoms with Gasteiger partial charge in [-0.15, -0.1) is 11.3 Å². The van der Waals surface area contributed by atoms with E-state index in [2.05, 4.69) is 11.0 Å². The molecule has 2 rings (SSSR count). The molecule has 2 heterocycles. The van der Waals surface area contributed by atoms with E-state index in [0.717, 1.165) is 5.00 Å². The van der Waals surface area contributed by atoms with E-state index in [-0.39, 0.29) is 0 Å². The van der Waals surface area contributed by atoms with Crippen molar-refractivity contribution in [2.75, 3.05) is 23.7 Å². The van der Waals surface area contributed by atoms with E-state index in [1.54, 1.807) is 11.3 Å². The van der Waals surface area contributed by atoms with E-state index in [0.29, 0.717) is 0 Å². The Morgan fingerprint density at radius 1 is 1.27 bits per heavy atom. The highest BCUT2D eigenvalue weighted by atomic mass is 32.1. The van der Waals surface area contributed by atoms with Gasteiger partial charge in [-0.05, 0) is 25.0 Å². The van der Waals surface area contributed by atoms with Crippen molar-refractivity contribution in [3.8, 4) is 0 Å². The molecule has 3 heteroatoms. The second-order valence-corrected chi connectivity index (χ2v) is 3.96. The zero-order chi connectivity index (χ0) is 7.68. The van der Waals surface area contributed by atoms with Gasteiger partial charge in [-0.25, -0.2) is 0 Å². The maximum atomic E-state index is 5.64. The monoisotopic (exact) mass is 168 g/mol. The summed E-state index contributed by atoms with van der Waals surface area (Å²) in [7, 11) is 0. The number of thiophene rings is 1. The van der Waals surface area contributed by atoms with Crippen LogP contribution in [0.1, 0.15) is 12.8 Å². The topological polar surface area (TPSA) is 29.3 Å². The molecule has 1 aliphatic heterocycles. The minimum atomic E-state index is 0.923. The molecule has 11 heavy (non-hydrogen) atoms. The van der Waals surface area contributed by atoms with Crippen LogP contribution in [-0.2, 0) is 0 Å². The quantitative estimate of drug-likeness (QED) is 0.694. The van der Waals surface area contributed by atoms with Crippen molar-refractivity contribution in [1.29, 1.82) is 0 Å². The van der Waals surface area contributed by atoms with E-state index in [1.807, 2.05) is 6.07 Å². The number of nitrogen functional groups attached to an aromatic ring is 1. The molecule has 1 aromatic rings. The van der Waals surface area contributed by atoms with Crippen LogP contribution < -0.4 is 10.6 Å². The molecule has 0 aromatic carbocycles. The van der Waals surface area contributed by atoms with Gasteiger partial charge in [0.25, 0.3) is 0 Å². The van der Waals surface area contributed by atoms with Crippen LogP contribution in [0.3, 0.4) is 0 Å². The maximum Gasteiger partial charge on any atom is 0.0930 e. The van der Waals surface area contributed by atoms with Crippen LogP contribution in [0.5, 0.6) is 0 Å². The van der Waals surface area contributed by atoms with Gasteiger partial charge in [-0.3, -0.25) is 0 Å². The molecular formula is C8H12N2S. The lowest BCUT2D eigenvalue weighted by molar-refractivity contribution is 0.949. The van der Waals surface area contributed by atoms with Gasteiger partial charge in [0.05, 0.1) is 10.0 Å². The zero-order valence-electron chi connectivity index (χ0n) is 6.42. The molecule has 1 fully saturated rings. The van der Waals surface area contributed by atoms with Gasteiger partial charge < -0.3 is 10.6 Å². The molecule has 1 saturated heterocycles. The molecule has 1 aromatic heterocycles. The van der Waals surface area contributed by atoms with Gasteiger partial charge in [-0.2, -0.15) is 0 Å². The van der Waals surface area contributed by atoms with Crippen LogP contribution in [-0.4, -0.2) is 13.1 Å². The van der Waals surface area contributed by atoms with Crippen molar-refractivity contribution in [2.24, 2.45) is 0 Å². The van der Waals surface area contributed by atoms with Gasteiger partial charge in [0.1, 0.15) is 0 Å². The summed E-state index contributed by atoms with van der Waals surface area (Å²) < 4.78 is 0. The average Bonchev–Trinajstić information content (AvgIpc) is 2.55. The van der Waals surface area contributed by atoms with Crippen LogP contribution in [0.25, 0.3) is 0 Å². The van der Waals surface area contributed by atoms with Gasteiger partial charge in [0, 0.05) is 13.1 Å².